The minimum absolute atomic E-state index is 0.0868. The second-order valence-electron chi connectivity index (χ2n) is 8.01. The Balaban J connectivity index is 1.18. The number of aryl methyl sites for hydroxylation is 1. The number of aromatic nitrogens is 3. The molecule has 1 saturated heterocycles. The lowest BCUT2D eigenvalue weighted by atomic mass is 10.1. The first kappa shape index (κ1) is 19.4. The fourth-order valence-corrected chi connectivity index (χ4v) is 4.02. The van der Waals surface area contributed by atoms with E-state index in [1.807, 2.05) is 66.6 Å². The number of aromatic amines is 1. The largest absolute Gasteiger partial charge is 0.484 e. The van der Waals surface area contributed by atoms with Gasteiger partial charge in [-0.25, -0.2) is 0 Å². The number of nitrogens with one attached hydrogen (secondary N) is 1. The molecule has 7 heteroatoms. The van der Waals surface area contributed by atoms with E-state index in [-0.39, 0.29) is 18.4 Å². The summed E-state index contributed by atoms with van der Waals surface area (Å²) in [5.74, 6) is 2.06. The molecule has 158 valence electrons. The molecule has 31 heavy (non-hydrogen) atoms. The van der Waals surface area contributed by atoms with Crippen LogP contribution in [0.3, 0.4) is 0 Å². The number of carbonyl (C=O) groups excluding carboxylic acids is 1. The van der Waals surface area contributed by atoms with Gasteiger partial charge < -0.3 is 19.1 Å². The molecule has 1 aliphatic heterocycles. The van der Waals surface area contributed by atoms with Crippen molar-refractivity contribution in [2.24, 2.45) is 0 Å². The molecular weight excluding hydrogens is 392 g/mol. The molecule has 5 rings (SSSR count). The van der Waals surface area contributed by atoms with Crippen LogP contribution < -0.4 is 4.74 Å². The number of benzene rings is 2. The zero-order valence-electron chi connectivity index (χ0n) is 17.4. The maximum absolute atomic E-state index is 12.8. The number of rotatable bonds is 6. The summed E-state index contributed by atoms with van der Waals surface area (Å²) in [6.07, 6.45) is 3.14. The van der Waals surface area contributed by atoms with Crippen LogP contribution in [0.25, 0.3) is 10.9 Å². The lowest BCUT2D eigenvalue weighted by Gasteiger charge is -2.15. The summed E-state index contributed by atoms with van der Waals surface area (Å²) in [4.78, 5) is 22.5. The SMILES string of the molecule is Cc1ccc(OCc2nc(C3CCN(C(=O)Cc4c[nH]c5ccccc45)C3)no2)cc1. The van der Waals surface area contributed by atoms with E-state index in [4.69, 9.17) is 9.26 Å². The van der Waals surface area contributed by atoms with Crippen LogP contribution in [0.15, 0.2) is 59.3 Å². The quantitative estimate of drug-likeness (QED) is 0.514. The molecule has 2 aromatic heterocycles. The first-order chi connectivity index (χ1) is 15.2. The highest BCUT2D eigenvalue weighted by Gasteiger charge is 2.30. The Morgan fingerprint density at radius 1 is 1.23 bits per heavy atom. The monoisotopic (exact) mass is 416 g/mol. The Morgan fingerprint density at radius 3 is 2.94 bits per heavy atom. The number of H-pyrrole nitrogens is 1. The zero-order valence-corrected chi connectivity index (χ0v) is 17.4. The third-order valence-electron chi connectivity index (χ3n) is 5.79. The van der Waals surface area contributed by atoms with E-state index in [1.165, 1.54) is 5.56 Å². The number of hydrogen-bond acceptors (Lipinski definition) is 5. The molecule has 1 atom stereocenters. The van der Waals surface area contributed by atoms with Gasteiger partial charge in [-0.1, -0.05) is 41.1 Å². The predicted octanol–water partition coefficient (Wildman–Crippen LogP) is 4.00. The highest BCUT2D eigenvalue weighted by molar-refractivity contribution is 5.89. The van der Waals surface area contributed by atoms with Crippen molar-refractivity contribution >= 4 is 16.8 Å². The molecule has 1 fully saturated rings. The van der Waals surface area contributed by atoms with Gasteiger partial charge in [-0.2, -0.15) is 4.98 Å². The van der Waals surface area contributed by atoms with E-state index < -0.39 is 0 Å². The molecule has 1 unspecified atom stereocenters. The van der Waals surface area contributed by atoms with Crippen LogP contribution in [0.5, 0.6) is 5.75 Å². The fourth-order valence-electron chi connectivity index (χ4n) is 4.02. The van der Waals surface area contributed by atoms with E-state index >= 15 is 0 Å². The maximum atomic E-state index is 12.8. The maximum Gasteiger partial charge on any atom is 0.264 e. The summed E-state index contributed by atoms with van der Waals surface area (Å²) in [7, 11) is 0. The van der Waals surface area contributed by atoms with Gasteiger partial charge >= 0.3 is 0 Å². The van der Waals surface area contributed by atoms with E-state index in [9.17, 15) is 4.79 Å². The van der Waals surface area contributed by atoms with Crippen molar-refractivity contribution < 1.29 is 14.1 Å². The molecule has 0 saturated carbocycles. The van der Waals surface area contributed by atoms with Crippen LogP contribution in [0.1, 0.15) is 35.2 Å². The van der Waals surface area contributed by atoms with Crippen molar-refractivity contribution in [3.63, 3.8) is 0 Å². The molecule has 4 aromatic rings. The van der Waals surface area contributed by atoms with Crippen LogP contribution in [-0.4, -0.2) is 39.0 Å². The van der Waals surface area contributed by atoms with Crippen LogP contribution in [0.4, 0.5) is 0 Å². The lowest BCUT2D eigenvalue weighted by molar-refractivity contribution is -0.129. The van der Waals surface area contributed by atoms with Gasteiger partial charge in [-0.05, 0) is 37.1 Å². The summed E-state index contributed by atoms with van der Waals surface area (Å²) in [5.41, 5.74) is 3.26. The Morgan fingerprint density at radius 2 is 2.06 bits per heavy atom. The highest BCUT2D eigenvalue weighted by Crippen LogP contribution is 2.27. The number of ether oxygens (including phenoxy) is 1. The molecule has 1 aliphatic rings. The molecule has 3 heterocycles. The van der Waals surface area contributed by atoms with E-state index in [0.29, 0.717) is 31.2 Å². The Kier molecular flexibility index (Phi) is 5.16. The molecule has 2 aromatic carbocycles. The molecule has 0 bridgehead atoms. The van der Waals surface area contributed by atoms with Crippen LogP contribution in [0, 0.1) is 6.92 Å². The normalized spacial score (nSPS) is 16.2. The van der Waals surface area contributed by atoms with Crippen molar-refractivity contribution in [3.05, 3.63) is 77.6 Å². The number of amides is 1. The zero-order chi connectivity index (χ0) is 21.2. The first-order valence-electron chi connectivity index (χ1n) is 10.5. The molecule has 0 spiro atoms. The minimum atomic E-state index is 0.0868. The highest BCUT2D eigenvalue weighted by atomic mass is 16.5. The minimum Gasteiger partial charge on any atom is -0.484 e. The molecular formula is C24H24N4O3. The second kappa shape index (κ2) is 8.26. The lowest BCUT2D eigenvalue weighted by Crippen LogP contribution is -2.29. The summed E-state index contributed by atoms with van der Waals surface area (Å²) >= 11 is 0. The van der Waals surface area contributed by atoms with Gasteiger partial charge in [0.05, 0.1) is 6.42 Å². The smallest absolute Gasteiger partial charge is 0.264 e. The number of fused-ring (bicyclic) bond motifs is 1. The van der Waals surface area contributed by atoms with Gasteiger partial charge in [0.25, 0.3) is 5.89 Å². The summed E-state index contributed by atoms with van der Waals surface area (Å²) in [6, 6.07) is 15.9. The second-order valence-corrected chi connectivity index (χ2v) is 8.01. The van der Waals surface area contributed by atoms with Gasteiger partial charge in [0.2, 0.25) is 5.91 Å². The predicted molar refractivity (Wildman–Crippen MR) is 116 cm³/mol. The molecule has 1 N–H and O–H groups in total. The van der Waals surface area contributed by atoms with Crippen molar-refractivity contribution in [2.45, 2.75) is 32.3 Å². The molecule has 0 radical (unpaired) electrons. The van der Waals surface area contributed by atoms with E-state index in [1.54, 1.807) is 0 Å². The van der Waals surface area contributed by atoms with Gasteiger partial charge in [-0.15, -0.1) is 0 Å². The topological polar surface area (TPSA) is 84.2 Å². The summed E-state index contributed by atoms with van der Waals surface area (Å²) in [5, 5.41) is 5.23. The number of para-hydroxylation sites is 1. The third kappa shape index (κ3) is 4.17. The standard InChI is InChI=1S/C24H24N4O3/c1-16-6-8-19(9-7-16)30-15-22-26-24(27-31-22)17-10-11-28(14-17)23(29)12-18-13-25-21-5-3-2-4-20(18)21/h2-9,13,17,25H,10-12,14-15H2,1H3. The van der Waals surface area contributed by atoms with Crippen LogP contribution in [-0.2, 0) is 17.8 Å². The van der Waals surface area contributed by atoms with Crippen LogP contribution in [0.2, 0.25) is 0 Å². The first-order valence-corrected chi connectivity index (χ1v) is 10.5. The fraction of sp³-hybridized carbons (Fsp3) is 0.292. The number of nitrogens with zero attached hydrogens (tertiary/aromatic N) is 3. The van der Waals surface area contributed by atoms with Crippen molar-refractivity contribution in [1.82, 2.24) is 20.0 Å². The Labute approximate surface area is 180 Å². The summed E-state index contributed by atoms with van der Waals surface area (Å²) < 4.78 is 11.1. The van der Waals surface area contributed by atoms with Crippen LogP contribution >= 0.6 is 0 Å². The third-order valence-corrected chi connectivity index (χ3v) is 5.79. The van der Waals surface area contributed by atoms with Crippen molar-refractivity contribution in [2.75, 3.05) is 13.1 Å². The summed E-state index contributed by atoms with van der Waals surface area (Å²) in [6.45, 7) is 3.57. The van der Waals surface area contributed by atoms with Crippen molar-refractivity contribution in [1.29, 1.82) is 0 Å². The van der Waals surface area contributed by atoms with E-state index in [2.05, 4.69) is 15.1 Å². The molecule has 1 amide bonds. The van der Waals surface area contributed by atoms with E-state index in [0.717, 1.165) is 28.6 Å². The van der Waals surface area contributed by atoms with Gasteiger partial charge in [0.15, 0.2) is 12.4 Å². The molecule has 0 aliphatic carbocycles. The van der Waals surface area contributed by atoms with Gasteiger partial charge in [0, 0.05) is 36.1 Å². The number of hydrogen-bond donors (Lipinski definition) is 1. The Hall–Kier alpha value is -3.61. The van der Waals surface area contributed by atoms with Crippen molar-refractivity contribution in [3.8, 4) is 5.75 Å². The number of likely N-dealkylation sites (tertiary alicyclic amines) is 1. The van der Waals surface area contributed by atoms with Gasteiger partial charge in [-0.3, -0.25) is 4.79 Å². The number of carbonyl (C=O) groups is 1. The average molecular weight is 416 g/mol. The van der Waals surface area contributed by atoms with Gasteiger partial charge in [0.1, 0.15) is 5.75 Å². The Bertz CT molecular complexity index is 1190. The molecule has 7 nitrogen and oxygen atoms in total. The average Bonchev–Trinajstić information content (AvgIpc) is 3.53.